The molecule has 136 valence electrons. The summed E-state index contributed by atoms with van der Waals surface area (Å²) in [7, 11) is 0. The summed E-state index contributed by atoms with van der Waals surface area (Å²) >= 11 is 5.88. The topological polar surface area (TPSA) is 101 Å². The monoisotopic (exact) mass is 379 g/mol. The number of non-ortho nitro benzene ring substituents is 1. The van der Waals surface area contributed by atoms with E-state index in [9.17, 15) is 24.1 Å². The highest BCUT2D eigenvalue weighted by molar-refractivity contribution is 6.33. The molecular formula is C17H15ClFN3O4. The van der Waals surface area contributed by atoms with Gasteiger partial charge in [0.25, 0.3) is 17.5 Å². The molecule has 0 spiro atoms. The Balaban J connectivity index is 1.80. The molecule has 0 saturated heterocycles. The number of carbonyl (C=O) groups is 2. The van der Waals surface area contributed by atoms with Crippen LogP contribution in [0.1, 0.15) is 27.1 Å². The fourth-order valence-electron chi connectivity index (χ4n) is 2.13. The largest absolute Gasteiger partial charge is 0.352 e. The van der Waals surface area contributed by atoms with Crippen LogP contribution in [0.5, 0.6) is 0 Å². The van der Waals surface area contributed by atoms with Crippen molar-refractivity contribution in [3.05, 3.63) is 74.5 Å². The standard InChI is InChI=1S/C17H15ClFN3O4/c18-14-7-6-11(22(25)26)10-13(14)17(24)21-9-3-8-20-16(23)12-4-1-2-5-15(12)19/h1-2,4-7,10H,3,8-9H2,(H,20,23)(H,21,24). The minimum atomic E-state index is -0.620. The zero-order chi connectivity index (χ0) is 19.1. The number of nitrogens with one attached hydrogen (secondary N) is 2. The number of nitro benzene ring substituents is 1. The van der Waals surface area contributed by atoms with Gasteiger partial charge in [-0.2, -0.15) is 0 Å². The molecule has 2 N–H and O–H groups in total. The maximum absolute atomic E-state index is 13.5. The fraction of sp³-hybridized carbons (Fsp3) is 0.176. The second-order valence-corrected chi connectivity index (χ2v) is 5.67. The molecule has 7 nitrogen and oxygen atoms in total. The molecule has 0 unspecified atom stereocenters. The normalized spacial score (nSPS) is 10.2. The molecule has 0 fully saturated rings. The summed E-state index contributed by atoms with van der Waals surface area (Å²) < 4.78 is 13.5. The zero-order valence-corrected chi connectivity index (χ0v) is 14.3. The Hall–Kier alpha value is -3.00. The van der Waals surface area contributed by atoms with Gasteiger partial charge in [0.05, 0.1) is 21.1 Å². The average molecular weight is 380 g/mol. The van der Waals surface area contributed by atoms with E-state index in [2.05, 4.69) is 10.6 Å². The number of amides is 2. The van der Waals surface area contributed by atoms with Crippen LogP contribution in [-0.2, 0) is 0 Å². The van der Waals surface area contributed by atoms with Gasteiger partial charge in [-0.25, -0.2) is 4.39 Å². The minimum absolute atomic E-state index is 0.00346. The lowest BCUT2D eigenvalue weighted by Gasteiger charge is -2.08. The average Bonchev–Trinajstić information content (AvgIpc) is 2.61. The zero-order valence-electron chi connectivity index (χ0n) is 13.5. The molecule has 9 heteroatoms. The van der Waals surface area contributed by atoms with Crippen LogP contribution < -0.4 is 10.6 Å². The predicted octanol–water partition coefficient (Wildman–Crippen LogP) is 2.94. The summed E-state index contributed by atoms with van der Waals surface area (Å²) in [5.41, 5.74) is -0.298. The second kappa shape index (κ2) is 8.91. The van der Waals surface area contributed by atoms with Crippen molar-refractivity contribution in [3.63, 3.8) is 0 Å². The maximum atomic E-state index is 13.5. The van der Waals surface area contributed by atoms with E-state index in [-0.39, 0.29) is 34.9 Å². The molecule has 0 atom stereocenters. The third-order valence-electron chi connectivity index (χ3n) is 3.45. The summed E-state index contributed by atoms with van der Waals surface area (Å²) in [5, 5.41) is 16.0. The van der Waals surface area contributed by atoms with Crippen molar-refractivity contribution in [2.45, 2.75) is 6.42 Å². The molecule has 0 heterocycles. The first-order chi connectivity index (χ1) is 12.4. The molecule has 0 saturated carbocycles. The summed E-state index contributed by atoms with van der Waals surface area (Å²) in [6.45, 7) is 0.422. The van der Waals surface area contributed by atoms with Crippen molar-refractivity contribution in [2.24, 2.45) is 0 Å². The van der Waals surface area contributed by atoms with E-state index in [0.717, 1.165) is 6.07 Å². The SMILES string of the molecule is O=C(NCCCNC(=O)c1cc([N+](=O)[O-])ccc1Cl)c1ccccc1F. The van der Waals surface area contributed by atoms with Gasteiger partial charge in [-0.05, 0) is 24.6 Å². The molecule has 0 aliphatic rings. The van der Waals surface area contributed by atoms with Crippen molar-refractivity contribution >= 4 is 29.1 Å². The Labute approximate surface area is 153 Å². The van der Waals surface area contributed by atoms with Gasteiger partial charge < -0.3 is 10.6 Å². The first kappa shape index (κ1) is 19.3. The van der Waals surface area contributed by atoms with Gasteiger partial charge in [-0.1, -0.05) is 23.7 Å². The minimum Gasteiger partial charge on any atom is -0.352 e. The van der Waals surface area contributed by atoms with Gasteiger partial charge in [-0.3, -0.25) is 19.7 Å². The molecule has 2 rings (SSSR count). The van der Waals surface area contributed by atoms with Gasteiger partial charge in [0.15, 0.2) is 0 Å². The highest BCUT2D eigenvalue weighted by Crippen LogP contribution is 2.21. The third kappa shape index (κ3) is 5.00. The molecule has 26 heavy (non-hydrogen) atoms. The summed E-state index contributed by atoms with van der Waals surface area (Å²) in [6, 6.07) is 9.19. The number of carbonyl (C=O) groups excluding carboxylic acids is 2. The molecule has 0 bridgehead atoms. The Morgan fingerprint density at radius 2 is 1.65 bits per heavy atom. The predicted molar refractivity (Wildman–Crippen MR) is 93.8 cm³/mol. The van der Waals surface area contributed by atoms with Crippen LogP contribution in [0.3, 0.4) is 0 Å². The van der Waals surface area contributed by atoms with Crippen LogP contribution in [0.2, 0.25) is 5.02 Å². The number of benzene rings is 2. The van der Waals surface area contributed by atoms with Gasteiger partial charge >= 0.3 is 0 Å². The van der Waals surface area contributed by atoms with Crippen LogP contribution >= 0.6 is 11.6 Å². The molecule has 0 aromatic heterocycles. The molecule has 2 aromatic rings. The number of nitro groups is 1. The van der Waals surface area contributed by atoms with Crippen LogP contribution in [0.4, 0.5) is 10.1 Å². The van der Waals surface area contributed by atoms with E-state index in [1.807, 2.05) is 0 Å². The van der Waals surface area contributed by atoms with Gasteiger partial charge in [-0.15, -0.1) is 0 Å². The van der Waals surface area contributed by atoms with E-state index < -0.39 is 22.6 Å². The smallest absolute Gasteiger partial charge is 0.270 e. The molecule has 2 aromatic carbocycles. The first-order valence-corrected chi connectivity index (χ1v) is 8.03. The van der Waals surface area contributed by atoms with E-state index >= 15 is 0 Å². The molecule has 0 aliphatic carbocycles. The van der Waals surface area contributed by atoms with Crippen molar-refractivity contribution in [1.29, 1.82) is 0 Å². The van der Waals surface area contributed by atoms with E-state index in [1.165, 1.54) is 30.3 Å². The Morgan fingerprint density at radius 3 is 2.27 bits per heavy atom. The van der Waals surface area contributed by atoms with Crippen LogP contribution in [0.15, 0.2) is 42.5 Å². The number of halogens is 2. The number of rotatable bonds is 7. The Bertz CT molecular complexity index is 845. The molecular weight excluding hydrogens is 365 g/mol. The Morgan fingerprint density at radius 1 is 1.04 bits per heavy atom. The number of hydrogen-bond donors (Lipinski definition) is 2. The third-order valence-corrected chi connectivity index (χ3v) is 3.78. The molecule has 0 radical (unpaired) electrons. The van der Waals surface area contributed by atoms with Crippen molar-refractivity contribution in [2.75, 3.05) is 13.1 Å². The van der Waals surface area contributed by atoms with Gasteiger partial charge in [0.2, 0.25) is 0 Å². The van der Waals surface area contributed by atoms with Gasteiger partial charge in [0, 0.05) is 25.2 Å². The van der Waals surface area contributed by atoms with Crippen molar-refractivity contribution in [3.8, 4) is 0 Å². The highest BCUT2D eigenvalue weighted by atomic mass is 35.5. The van der Waals surface area contributed by atoms with Crippen LogP contribution in [-0.4, -0.2) is 29.8 Å². The van der Waals surface area contributed by atoms with E-state index in [1.54, 1.807) is 6.07 Å². The van der Waals surface area contributed by atoms with E-state index in [4.69, 9.17) is 11.6 Å². The van der Waals surface area contributed by atoms with Gasteiger partial charge in [0.1, 0.15) is 5.82 Å². The Kier molecular flexibility index (Phi) is 6.62. The second-order valence-electron chi connectivity index (χ2n) is 5.27. The fourth-order valence-corrected chi connectivity index (χ4v) is 2.33. The summed E-state index contributed by atoms with van der Waals surface area (Å²) in [4.78, 5) is 34.0. The first-order valence-electron chi connectivity index (χ1n) is 7.65. The van der Waals surface area contributed by atoms with Crippen molar-refractivity contribution < 1.29 is 18.9 Å². The van der Waals surface area contributed by atoms with Crippen LogP contribution in [0, 0.1) is 15.9 Å². The number of hydrogen-bond acceptors (Lipinski definition) is 4. The summed E-state index contributed by atoms with van der Waals surface area (Å²) in [5.74, 6) is -1.71. The van der Waals surface area contributed by atoms with E-state index in [0.29, 0.717) is 6.42 Å². The maximum Gasteiger partial charge on any atom is 0.270 e. The highest BCUT2D eigenvalue weighted by Gasteiger charge is 2.15. The molecule has 2 amide bonds. The quantitative estimate of drug-likeness (QED) is 0.438. The molecule has 0 aliphatic heterocycles. The lowest BCUT2D eigenvalue weighted by atomic mass is 10.2. The lowest BCUT2D eigenvalue weighted by Crippen LogP contribution is -2.30. The lowest BCUT2D eigenvalue weighted by molar-refractivity contribution is -0.384. The van der Waals surface area contributed by atoms with Crippen molar-refractivity contribution in [1.82, 2.24) is 10.6 Å². The summed E-state index contributed by atoms with van der Waals surface area (Å²) in [6.07, 6.45) is 0.387. The van der Waals surface area contributed by atoms with Crippen LogP contribution in [0.25, 0.3) is 0 Å². The number of nitrogens with zero attached hydrogens (tertiary/aromatic N) is 1.